The predicted molar refractivity (Wildman–Crippen MR) is 90.7 cm³/mol. The van der Waals surface area contributed by atoms with Crippen LogP contribution < -0.4 is 4.90 Å². The molecule has 0 saturated carbocycles. The van der Waals surface area contributed by atoms with Crippen LogP contribution in [-0.4, -0.2) is 40.7 Å². The molecule has 2 aromatic rings. The van der Waals surface area contributed by atoms with Crippen molar-refractivity contribution in [1.29, 1.82) is 0 Å². The van der Waals surface area contributed by atoms with Gasteiger partial charge < -0.3 is 14.7 Å². The van der Waals surface area contributed by atoms with Gasteiger partial charge in [0.15, 0.2) is 0 Å². The number of aromatic hydroxyl groups is 1. The number of anilines is 1. The lowest BCUT2D eigenvalue weighted by molar-refractivity contribution is -0.148. The standard InChI is InChI=1S/C18H21N3O3/c1-2-24-17(23)13-6-5-11-21(12-13)18-19-10-9-15(20-18)14-7-3-4-8-16(14)22/h3-4,7-10,13,22H,2,5-6,11-12H2,1H3. The lowest BCUT2D eigenvalue weighted by Gasteiger charge is -2.31. The third-order valence-corrected chi connectivity index (χ3v) is 4.15. The zero-order chi connectivity index (χ0) is 16.9. The van der Waals surface area contributed by atoms with Crippen LogP contribution >= 0.6 is 0 Å². The molecule has 0 aliphatic carbocycles. The van der Waals surface area contributed by atoms with Gasteiger partial charge in [0.25, 0.3) is 0 Å². The van der Waals surface area contributed by atoms with Crippen LogP contribution in [0.3, 0.4) is 0 Å². The minimum atomic E-state index is -0.154. The highest BCUT2D eigenvalue weighted by atomic mass is 16.5. The molecule has 3 rings (SSSR count). The minimum Gasteiger partial charge on any atom is -0.507 e. The van der Waals surface area contributed by atoms with Crippen LogP contribution in [0.5, 0.6) is 5.75 Å². The Bertz CT molecular complexity index is 720. The van der Waals surface area contributed by atoms with Crippen molar-refractivity contribution in [2.24, 2.45) is 5.92 Å². The first-order valence-electron chi connectivity index (χ1n) is 8.22. The fourth-order valence-electron chi connectivity index (χ4n) is 2.95. The van der Waals surface area contributed by atoms with Crippen molar-refractivity contribution < 1.29 is 14.6 Å². The van der Waals surface area contributed by atoms with E-state index in [-0.39, 0.29) is 17.6 Å². The van der Waals surface area contributed by atoms with Crippen molar-refractivity contribution in [1.82, 2.24) is 9.97 Å². The number of para-hydroxylation sites is 1. The Morgan fingerprint density at radius 1 is 1.38 bits per heavy atom. The summed E-state index contributed by atoms with van der Waals surface area (Å²) in [5.41, 5.74) is 1.33. The Morgan fingerprint density at radius 2 is 2.21 bits per heavy atom. The molecule has 1 saturated heterocycles. The normalized spacial score (nSPS) is 17.5. The molecule has 24 heavy (non-hydrogen) atoms. The maximum absolute atomic E-state index is 12.0. The summed E-state index contributed by atoms with van der Waals surface area (Å²) in [7, 11) is 0. The van der Waals surface area contributed by atoms with Crippen LogP contribution in [0.25, 0.3) is 11.3 Å². The maximum Gasteiger partial charge on any atom is 0.310 e. The van der Waals surface area contributed by atoms with Crippen LogP contribution in [-0.2, 0) is 9.53 Å². The Morgan fingerprint density at radius 3 is 3.00 bits per heavy atom. The van der Waals surface area contributed by atoms with Gasteiger partial charge in [-0.3, -0.25) is 4.79 Å². The topological polar surface area (TPSA) is 75.5 Å². The average Bonchev–Trinajstić information content (AvgIpc) is 2.62. The van der Waals surface area contributed by atoms with Gasteiger partial charge in [0.05, 0.1) is 18.2 Å². The molecule has 1 aromatic carbocycles. The van der Waals surface area contributed by atoms with Crippen molar-refractivity contribution in [3.8, 4) is 17.0 Å². The highest BCUT2D eigenvalue weighted by molar-refractivity contribution is 5.73. The fraction of sp³-hybridized carbons (Fsp3) is 0.389. The molecular weight excluding hydrogens is 306 g/mol. The molecule has 1 aromatic heterocycles. The summed E-state index contributed by atoms with van der Waals surface area (Å²) in [5.74, 6) is 0.463. The van der Waals surface area contributed by atoms with Crippen LogP contribution in [0.4, 0.5) is 5.95 Å². The second-order valence-corrected chi connectivity index (χ2v) is 5.80. The van der Waals surface area contributed by atoms with E-state index in [2.05, 4.69) is 9.97 Å². The van der Waals surface area contributed by atoms with E-state index in [4.69, 9.17) is 4.74 Å². The summed E-state index contributed by atoms with van der Waals surface area (Å²) in [6, 6.07) is 8.85. The molecule has 1 aliphatic heterocycles. The SMILES string of the molecule is CCOC(=O)C1CCCN(c2nccc(-c3ccccc3O)n2)C1. The highest BCUT2D eigenvalue weighted by Crippen LogP contribution is 2.28. The van der Waals surface area contributed by atoms with E-state index < -0.39 is 0 Å². The van der Waals surface area contributed by atoms with Crippen LogP contribution in [0.2, 0.25) is 0 Å². The molecule has 1 aliphatic rings. The number of phenolic OH excluding ortho intramolecular Hbond substituents is 1. The first-order valence-corrected chi connectivity index (χ1v) is 8.22. The number of hydrogen-bond donors (Lipinski definition) is 1. The second kappa shape index (κ2) is 7.29. The number of piperidine rings is 1. The van der Waals surface area contributed by atoms with Gasteiger partial charge >= 0.3 is 5.97 Å². The summed E-state index contributed by atoms with van der Waals surface area (Å²) in [4.78, 5) is 22.9. The van der Waals surface area contributed by atoms with Gasteiger partial charge in [-0.15, -0.1) is 0 Å². The zero-order valence-electron chi connectivity index (χ0n) is 13.7. The average molecular weight is 327 g/mol. The third-order valence-electron chi connectivity index (χ3n) is 4.15. The number of benzene rings is 1. The third kappa shape index (κ3) is 3.48. The first-order chi connectivity index (χ1) is 11.7. The van der Waals surface area contributed by atoms with E-state index in [1.165, 1.54) is 0 Å². The number of carbonyl (C=O) groups excluding carboxylic acids is 1. The molecule has 0 spiro atoms. The van der Waals surface area contributed by atoms with Gasteiger partial charge in [-0.05, 0) is 38.0 Å². The quantitative estimate of drug-likeness (QED) is 0.870. The lowest BCUT2D eigenvalue weighted by atomic mass is 9.98. The number of nitrogens with zero attached hydrogens (tertiary/aromatic N) is 3. The Balaban J connectivity index is 1.81. The lowest BCUT2D eigenvalue weighted by Crippen LogP contribution is -2.40. The first kappa shape index (κ1) is 16.2. The van der Waals surface area contributed by atoms with E-state index in [0.29, 0.717) is 30.4 Å². The summed E-state index contributed by atoms with van der Waals surface area (Å²) >= 11 is 0. The molecule has 1 N–H and O–H groups in total. The Labute approximate surface area is 141 Å². The van der Waals surface area contributed by atoms with Crippen LogP contribution in [0.1, 0.15) is 19.8 Å². The van der Waals surface area contributed by atoms with Crippen LogP contribution in [0, 0.1) is 5.92 Å². The molecule has 6 nitrogen and oxygen atoms in total. The molecule has 6 heteroatoms. The highest BCUT2D eigenvalue weighted by Gasteiger charge is 2.28. The number of rotatable bonds is 4. The number of phenols is 1. The smallest absolute Gasteiger partial charge is 0.310 e. The molecule has 1 atom stereocenters. The van der Waals surface area contributed by atoms with Crippen molar-refractivity contribution in [2.45, 2.75) is 19.8 Å². The molecule has 1 unspecified atom stereocenters. The number of hydrogen-bond acceptors (Lipinski definition) is 6. The summed E-state index contributed by atoms with van der Waals surface area (Å²) in [6.45, 7) is 3.58. The molecule has 0 bridgehead atoms. The number of esters is 1. The van der Waals surface area contributed by atoms with Crippen molar-refractivity contribution in [2.75, 3.05) is 24.6 Å². The number of aromatic nitrogens is 2. The van der Waals surface area contributed by atoms with Crippen molar-refractivity contribution >= 4 is 11.9 Å². The van der Waals surface area contributed by atoms with E-state index in [1.54, 1.807) is 24.4 Å². The van der Waals surface area contributed by atoms with Crippen LogP contribution in [0.15, 0.2) is 36.5 Å². The fourth-order valence-corrected chi connectivity index (χ4v) is 2.95. The Hall–Kier alpha value is -2.63. The summed E-state index contributed by atoms with van der Waals surface area (Å²) in [5, 5.41) is 10.0. The van der Waals surface area contributed by atoms with E-state index in [0.717, 1.165) is 19.4 Å². The zero-order valence-corrected chi connectivity index (χ0v) is 13.7. The molecule has 2 heterocycles. The van der Waals surface area contributed by atoms with Gasteiger partial charge in [-0.2, -0.15) is 0 Å². The number of ether oxygens (including phenoxy) is 1. The molecule has 126 valence electrons. The predicted octanol–water partition coefficient (Wildman–Crippen LogP) is 2.63. The summed E-state index contributed by atoms with van der Waals surface area (Å²) < 4.78 is 5.13. The van der Waals surface area contributed by atoms with Gasteiger partial charge in [0, 0.05) is 24.8 Å². The molecular formula is C18H21N3O3. The molecule has 0 radical (unpaired) electrons. The van der Waals surface area contributed by atoms with Crippen molar-refractivity contribution in [3.05, 3.63) is 36.5 Å². The molecule has 1 fully saturated rings. The van der Waals surface area contributed by atoms with Crippen molar-refractivity contribution in [3.63, 3.8) is 0 Å². The van der Waals surface area contributed by atoms with Gasteiger partial charge in [0.1, 0.15) is 5.75 Å². The van der Waals surface area contributed by atoms with Gasteiger partial charge in [-0.25, -0.2) is 9.97 Å². The monoisotopic (exact) mass is 327 g/mol. The van der Waals surface area contributed by atoms with Gasteiger partial charge in [-0.1, -0.05) is 12.1 Å². The van der Waals surface area contributed by atoms with E-state index >= 15 is 0 Å². The van der Waals surface area contributed by atoms with E-state index in [1.807, 2.05) is 24.0 Å². The number of carbonyl (C=O) groups is 1. The largest absolute Gasteiger partial charge is 0.507 e. The minimum absolute atomic E-state index is 0.143. The van der Waals surface area contributed by atoms with E-state index in [9.17, 15) is 9.90 Å². The molecule has 0 amide bonds. The van der Waals surface area contributed by atoms with Gasteiger partial charge in [0.2, 0.25) is 5.95 Å². The Kier molecular flexibility index (Phi) is 4.93. The summed E-state index contributed by atoms with van der Waals surface area (Å²) in [6.07, 6.45) is 3.40. The maximum atomic E-state index is 12.0. The second-order valence-electron chi connectivity index (χ2n) is 5.80.